The van der Waals surface area contributed by atoms with Crippen molar-refractivity contribution >= 4 is 11.4 Å². The molecule has 0 saturated heterocycles. The fraction of sp³-hybridized carbons (Fsp3) is 0.409. The summed E-state index contributed by atoms with van der Waals surface area (Å²) in [6.45, 7) is 7.44. The molecular formula is C22H27F3N4O2. The van der Waals surface area contributed by atoms with Crippen molar-refractivity contribution < 1.29 is 22.6 Å². The van der Waals surface area contributed by atoms with Crippen LogP contribution in [0.3, 0.4) is 0 Å². The van der Waals surface area contributed by atoms with Crippen LogP contribution in [0.5, 0.6) is 11.6 Å². The third-order valence-corrected chi connectivity index (χ3v) is 4.80. The number of nitrogens with zero attached hydrogens (tertiary/aromatic N) is 2. The zero-order valence-corrected chi connectivity index (χ0v) is 18.0. The van der Waals surface area contributed by atoms with Crippen LogP contribution in [0, 0.1) is 6.92 Å². The van der Waals surface area contributed by atoms with E-state index in [9.17, 15) is 13.2 Å². The van der Waals surface area contributed by atoms with Crippen LogP contribution in [0.25, 0.3) is 5.70 Å². The van der Waals surface area contributed by atoms with E-state index in [2.05, 4.69) is 27.4 Å². The van der Waals surface area contributed by atoms with Crippen molar-refractivity contribution in [3.8, 4) is 11.6 Å². The first-order valence-corrected chi connectivity index (χ1v) is 10.0. The second-order valence-electron chi connectivity index (χ2n) is 7.45. The molecule has 168 valence electrons. The third kappa shape index (κ3) is 6.27. The van der Waals surface area contributed by atoms with E-state index >= 15 is 0 Å². The second-order valence-corrected chi connectivity index (χ2v) is 7.45. The minimum Gasteiger partial charge on any atom is -0.490 e. The smallest absolute Gasteiger partial charge is 0.416 e. The first kappa shape index (κ1) is 22.7. The molecule has 3 rings (SSSR count). The number of benzene rings is 1. The lowest BCUT2D eigenvalue weighted by Gasteiger charge is -2.20. The summed E-state index contributed by atoms with van der Waals surface area (Å²) in [5.41, 5.74) is 2.68. The number of ether oxygens (including phenoxy) is 2. The molecule has 0 fully saturated rings. The minimum atomic E-state index is -4.41. The number of alkyl halides is 3. The maximum atomic E-state index is 12.9. The van der Waals surface area contributed by atoms with Gasteiger partial charge in [-0.3, -0.25) is 4.90 Å². The number of anilines is 1. The van der Waals surface area contributed by atoms with E-state index in [-0.39, 0.29) is 12.4 Å². The van der Waals surface area contributed by atoms with Gasteiger partial charge in [0.05, 0.1) is 34.9 Å². The molecule has 0 saturated carbocycles. The number of aryl methyl sites for hydroxylation is 1. The van der Waals surface area contributed by atoms with Gasteiger partial charge in [-0.2, -0.15) is 13.2 Å². The third-order valence-electron chi connectivity index (χ3n) is 4.80. The second kappa shape index (κ2) is 9.47. The summed E-state index contributed by atoms with van der Waals surface area (Å²) >= 11 is 0. The molecule has 0 aliphatic carbocycles. The molecule has 1 unspecified atom stereocenters. The summed E-state index contributed by atoms with van der Waals surface area (Å²) in [6.07, 6.45) is -2.99. The molecule has 1 aromatic carbocycles. The van der Waals surface area contributed by atoms with Crippen LogP contribution in [-0.2, 0) is 6.18 Å². The molecule has 0 amide bonds. The summed E-state index contributed by atoms with van der Waals surface area (Å²) in [4.78, 5) is 6.72. The Morgan fingerprint density at radius 2 is 2.00 bits per heavy atom. The molecule has 1 aromatic heterocycles. The topological polar surface area (TPSA) is 68.6 Å². The standard InChI is InChI=1S/C22H27F3N4O2/c1-5-29(4)13-27-19-10-18(20-11-26-20)21(28-15(19)3)31-14(2)12-30-17-8-6-7-16(9-17)22(23,24)25/h6-11,14,26-27H,5,12-13H2,1-4H3. The number of hydrogen-bond acceptors (Lipinski definition) is 6. The van der Waals surface area contributed by atoms with Gasteiger partial charge in [0.25, 0.3) is 0 Å². The molecule has 2 aromatic rings. The van der Waals surface area contributed by atoms with Crippen molar-refractivity contribution in [3.05, 3.63) is 53.4 Å². The highest BCUT2D eigenvalue weighted by molar-refractivity contribution is 5.79. The fourth-order valence-corrected chi connectivity index (χ4v) is 2.77. The lowest BCUT2D eigenvalue weighted by molar-refractivity contribution is -0.137. The van der Waals surface area contributed by atoms with Crippen LogP contribution < -0.4 is 20.1 Å². The predicted molar refractivity (Wildman–Crippen MR) is 114 cm³/mol. The Morgan fingerprint density at radius 1 is 1.26 bits per heavy atom. The maximum Gasteiger partial charge on any atom is 0.416 e. The van der Waals surface area contributed by atoms with E-state index < -0.39 is 17.8 Å². The molecule has 1 atom stereocenters. The minimum absolute atomic E-state index is 0.0786. The summed E-state index contributed by atoms with van der Waals surface area (Å²) in [6, 6.07) is 6.78. The summed E-state index contributed by atoms with van der Waals surface area (Å²) in [5, 5.41) is 6.43. The van der Waals surface area contributed by atoms with Crippen molar-refractivity contribution in [2.45, 2.75) is 33.1 Å². The molecule has 0 bridgehead atoms. The van der Waals surface area contributed by atoms with Crippen molar-refractivity contribution in [1.29, 1.82) is 0 Å². The largest absolute Gasteiger partial charge is 0.490 e. The number of aromatic nitrogens is 1. The monoisotopic (exact) mass is 436 g/mol. The van der Waals surface area contributed by atoms with E-state index in [0.717, 1.165) is 41.3 Å². The van der Waals surface area contributed by atoms with Crippen LogP contribution >= 0.6 is 0 Å². The van der Waals surface area contributed by atoms with E-state index in [1.807, 2.05) is 26.2 Å². The van der Waals surface area contributed by atoms with Gasteiger partial charge in [0.15, 0.2) is 0 Å². The predicted octanol–water partition coefficient (Wildman–Crippen LogP) is 4.48. The Kier molecular flexibility index (Phi) is 6.94. The normalized spacial score (nSPS) is 14.0. The first-order valence-electron chi connectivity index (χ1n) is 10.0. The Morgan fingerprint density at radius 3 is 2.65 bits per heavy atom. The SMILES string of the molecule is CCN(C)CNc1cc(C2=CN2)c(OC(C)COc2cccc(C(F)(F)F)c2)nc1C. The van der Waals surface area contributed by atoms with E-state index in [1.54, 1.807) is 6.92 Å². The molecular weight excluding hydrogens is 409 g/mol. The quantitative estimate of drug-likeness (QED) is 0.536. The molecule has 0 spiro atoms. The van der Waals surface area contributed by atoms with Gasteiger partial charge in [0, 0.05) is 6.20 Å². The Balaban J connectivity index is 1.66. The number of nitrogens with one attached hydrogen (secondary N) is 2. The van der Waals surface area contributed by atoms with E-state index in [1.165, 1.54) is 12.1 Å². The fourth-order valence-electron chi connectivity index (χ4n) is 2.77. The number of hydrogen-bond donors (Lipinski definition) is 2. The lowest BCUT2D eigenvalue weighted by atomic mass is 10.2. The number of rotatable bonds is 10. The maximum absolute atomic E-state index is 12.9. The van der Waals surface area contributed by atoms with Gasteiger partial charge >= 0.3 is 6.18 Å². The molecule has 1 aliphatic rings. The number of halogens is 3. The highest BCUT2D eigenvalue weighted by Crippen LogP contribution is 2.33. The number of pyridine rings is 1. The summed E-state index contributed by atoms with van der Waals surface area (Å²) < 4.78 is 50.1. The van der Waals surface area contributed by atoms with Crippen LogP contribution in [0.2, 0.25) is 0 Å². The van der Waals surface area contributed by atoms with Crippen LogP contribution in [-0.4, -0.2) is 42.9 Å². The van der Waals surface area contributed by atoms with Gasteiger partial charge in [-0.25, -0.2) is 4.98 Å². The van der Waals surface area contributed by atoms with E-state index in [0.29, 0.717) is 12.5 Å². The van der Waals surface area contributed by atoms with Crippen molar-refractivity contribution in [2.24, 2.45) is 0 Å². The van der Waals surface area contributed by atoms with Gasteiger partial charge in [-0.1, -0.05) is 13.0 Å². The molecule has 0 radical (unpaired) electrons. The van der Waals surface area contributed by atoms with Gasteiger partial charge in [-0.15, -0.1) is 0 Å². The van der Waals surface area contributed by atoms with Gasteiger partial charge < -0.3 is 20.1 Å². The zero-order valence-electron chi connectivity index (χ0n) is 18.0. The molecule has 2 heterocycles. The van der Waals surface area contributed by atoms with Crippen LogP contribution in [0.4, 0.5) is 18.9 Å². The van der Waals surface area contributed by atoms with Crippen LogP contribution in [0.15, 0.2) is 36.5 Å². The van der Waals surface area contributed by atoms with E-state index in [4.69, 9.17) is 9.47 Å². The average molecular weight is 436 g/mol. The molecule has 1 aliphatic heterocycles. The Labute approximate surface area is 180 Å². The average Bonchev–Trinajstić information content (AvgIpc) is 3.56. The molecule has 9 heteroatoms. The lowest BCUT2D eigenvalue weighted by Crippen LogP contribution is -2.25. The Hall–Kier alpha value is -2.94. The van der Waals surface area contributed by atoms with Crippen LogP contribution in [0.1, 0.15) is 30.7 Å². The van der Waals surface area contributed by atoms with Crippen molar-refractivity contribution in [3.63, 3.8) is 0 Å². The van der Waals surface area contributed by atoms with Gasteiger partial charge in [0.2, 0.25) is 5.88 Å². The first-order chi connectivity index (χ1) is 14.7. The van der Waals surface area contributed by atoms with Gasteiger partial charge in [-0.05, 0) is 51.7 Å². The summed E-state index contributed by atoms with van der Waals surface area (Å²) in [7, 11) is 2.02. The van der Waals surface area contributed by atoms with Crippen molar-refractivity contribution in [1.82, 2.24) is 15.2 Å². The zero-order chi connectivity index (χ0) is 22.6. The highest BCUT2D eigenvalue weighted by atomic mass is 19.4. The molecule has 31 heavy (non-hydrogen) atoms. The highest BCUT2D eigenvalue weighted by Gasteiger charge is 2.30. The van der Waals surface area contributed by atoms with Gasteiger partial charge in [0.1, 0.15) is 18.5 Å². The molecule has 2 N–H and O–H groups in total. The molecule has 6 nitrogen and oxygen atoms in total. The Bertz CT molecular complexity index is 947. The van der Waals surface area contributed by atoms with Crippen molar-refractivity contribution in [2.75, 3.05) is 32.2 Å². The summed E-state index contributed by atoms with van der Waals surface area (Å²) in [5.74, 6) is 0.587.